The summed E-state index contributed by atoms with van der Waals surface area (Å²) in [6.07, 6.45) is 0.905. The van der Waals surface area contributed by atoms with E-state index in [1.807, 2.05) is 0 Å². The number of methoxy groups -OCH3 is 1. The molecule has 0 amide bonds. The summed E-state index contributed by atoms with van der Waals surface area (Å²) < 4.78 is 21.3. The Bertz CT molecular complexity index is 544. The van der Waals surface area contributed by atoms with E-state index in [0.29, 0.717) is 18.1 Å². The molecule has 134 valence electrons. The minimum Gasteiger partial charge on any atom is -0.496 e. The fourth-order valence-corrected chi connectivity index (χ4v) is 2.58. The van der Waals surface area contributed by atoms with Crippen LogP contribution in [0.15, 0.2) is 12.1 Å². The minimum absolute atomic E-state index is 0.236. The maximum absolute atomic E-state index is 12.0. The van der Waals surface area contributed by atoms with Crippen molar-refractivity contribution in [2.45, 2.75) is 13.3 Å². The van der Waals surface area contributed by atoms with Gasteiger partial charge >= 0.3 is 5.97 Å². The van der Waals surface area contributed by atoms with Crippen molar-refractivity contribution in [3.8, 4) is 11.5 Å². The molecular weight excluding hydrogens is 312 g/mol. The Kier molecular flexibility index (Phi) is 7.14. The highest BCUT2D eigenvalue weighted by Gasteiger charge is 2.19. The fourth-order valence-electron chi connectivity index (χ4n) is 2.58. The maximum atomic E-state index is 12.0. The summed E-state index contributed by atoms with van der Waals surface area (Å²) in [6.45, 7) is 7.08. The number of nitrogens with zero attached hydrogens (tertiary/aromatic N) is 1. The van der Waals surface area contributed by atoms with Crippen LogP contribution in [0.3, 0.4) is 0 Å². The van der Waals surface area contributed by atoms with E-state index >= 15 is 0 Å². The molecular formula is C17H26N2O5. The molecule has 0 spiro atoms. The van der Waals surface area contributed by atoms with Crippen LogP contribution >= 0.6 is 0 Å². The highest BCUT2D eigenvalue weighted by molar-refractivity contribution is 5.98. The largest absolute Gasteiger partial charge is 0.496 e. The lowest BCUT2D eigenvalue weighted by Gasteiger charge is -2.26. The van der Waals surface area contributed by atoms with Crippen LogP contribution in [-0.4, -0.2) is 64.0 Å². The predicted molar refractivity (Wildman–Crippen MR) is 90.7 cm³/mol. The number of hydrogen-bond donors (Lipinski definition) is 1. The van der Waals surface area contributed by atoms with Crippen molar-refractivity contribution >= 4 is 11.7 Å². The molecule has 0 atom stereocenters. The molecule has 2 rings (SSSR count). The van der Waals surface area contributed by atoms with Gasteiger partial charge in [-0.15, -0.1) is 0 Å². The maximum Gasteiger partial charge on any atom is 0.344 e. The summed E-state index contributed by atoms with van der Waals surface area (Å²) in [5.74, 6) is 0.446. The van der Waals surface area contributed by atoms with Gasteiger partial charge in [-0.3, -0.25) is 4.90 Å². The Morgan fingerprint density at radius 3 is 2.75 bits per heavy atom. The third-order valence-corrected chi connectivity index (χ3v) is 3.80. The third kappa shape index (κ3) is 5.01. The number of carbonyl (C=O) groups excluding carboxylic acids is 1. The van der Waals surface area contributed by atoms with E-state index in [9.17, 15) is 4.79 Å². The number of esters is 1. The van der Waals surface area contributed by atoms with Gasteiger partial charge in [0.05, 0.1) is 39.2 Å². The van der Waals surface area contributed by atoms with Gasteiger partial charge in [0.2, 0.25) is 0 Å². The summed E-state index contributed by atoms with van der Waals surface area (Å²) in [5, 5.41) is 0. The van der Waals surface area contributed by atoms with Gasteiger partial charge in [-0.25, -0.2) is 4.79 Å². The molecule has 1 heterocycles. The summed E-state index contributed by atoms with van der Waals surface area (Å²) >= 11 is 0. The van der Waals surface area contributed by atoms with Gasteiger partial charge in [0.1, 0.15) is 17.1 Å². The summed E-state index contributed by atoms with van der Waals surface area (Å²) in [5.41, 5.74) is 6.49. The number of morpholine rings is 1. The molecule has 1 aromatic rings. The number of rotatable bonds is 8. The smallest absolute Gasteiger partial charge is 0.344 e. The number of anilines is 1. The van der Waals surface area contributed by atoms with E-state index in [0.717, 1.165) is 39.3 Å². The van der Waals surface area contributed by atoms with Crippen LogP contribution in [0.25, 0.3) is 0 Å². The number of carbonyl (C=O) groups is 1. The normalized spacial score (nSPS) is 15.1. The van der Waals surface area contributed by atoms with Crippen molar-refractivity contribution in [3.05, 3.63) is 17.7 Å². The number of nitrogens with two attached hydrogens (primary N) is 1. The summed E-state index contributed by atoms with van der Waals surface area (Å²) in [7, 11) is 1.49. The van der Waals surface area contributed by atoms with Gasteiger partial charge in [-0.1, -0.05) is 0 Å². The second kappa shape index (κ2) is 9.34. The van der Waals surface area contributed by atoms with Crippen molar-refractivity contribution in [2.24, 2.45) is 0 Å². The molecule has 0 aliphatic carbocycles. The first-order valence-electron chi connectivity index (χ1n) is 8.23. The average molecular weight is 338 g/mol. The quantitative estimate of drug-likeness (QED) is 0.437. The molecule has 1 saturated heterocycles. The van der Waals surface area contributed by atoms with Gasteiger partial charge in [-0.05, 0) is 13.3 Å². The summed E-state index contributed by atoms with van der Waals surface area (Å²) in [4.78, 5) is 14.3. The monoisotopic (exact) mass is 338 g/mol. The number of hydrogen-bond acceptors (Lipinski definition) is 7. The van der Waals surface area contributed by atoms with E-state index in [2.05, 4.69) is 4.90 Å². The molecule has 0 radical (unpaired) electrons. The van der Waals surface area contributed by atoms with Crippen molar-refractivity contribution in [1.82, 2.24) is 4.90 Å². The van der Waals surface area contributed by atoms with Gasteiger partial charge in [0, 0.05) is 31.8 Å². The second-order valence-electron chi connectivity index (χ2n) is 5.47. The van der Waals surface area contributed by atoms with E-state index < -0.39 is 5.97 Å². The molecule has 1 aromatic carbocycles. The van der Waals surface area contributed by atoms with Crippen LogP contribution in [0, 0.1) is 0 Å². The zero-order valence-electron chi connectivity index (χ0n) is 14.4. The van der Waals surface area contributed by atoms with Gasteiger partial charge in [-0.2, -0.15) is 0 Å². The Morgan fingerprint density at radius 1 is 1.33 bits per heavy atom. The number of nitrogen functional groups attached to an aromatic ring is 1. The highest BCUT2D eigenvalue weighted by Crippen LogP contribution is 2.31. The zero-order chi connectivity index (χ0) is 17.4. The molecule has 1 aliphatic rings. The minimum atomic E-state index is -0.495. The molecule has 1 aliphatic heterocycles. The molecule has 7 heteroatoms. The van der Waals surface area contributed by atoms with Crippen molar-refractivity contribution < 1.29 is 23.7 Å². The highest BCUT2D eigenvalue weighted by atomic mass is 16.5. The molecule has 0 unspecified atom stereocenters. The SMILES string of the molecule is CCOC(=O)c1c(N)cc(OCCCN2CCOCC2)cc1OC. The van der Waals surface area contributed by atoms with Crippen LogP contribution in [0.2, 0.25) is 0 Å². The predicted octanol–water partition coefficient (Wildman–Crippen LogP) is 1.56. The van der Waals surface area contributed by atoms with E-state index in [1.165, 1.54) is 7.11 Å². The third-order valence-electron chi connectivity index (χ3n) is 3.80. The lowest BCUT2D eigenvalue weighted by atomic mass is 10.1. The molecule has 0 bridgehead atoms. The van der Waals surface area contributed by atoms with Crippen LogP contribution in [0.5, 0.6) is 11.5 Å². The Hall–Kier alpha value is -1.99. The fraction of sp³-hybridized carbons (Fsp3) is 0.588. The van der Waals surface area contributed by atoms with Crippen LogP contribution in [0.1, 0.15) is 23.7 Å². The molecule has 0 aromatic heterocycles. The van der Waals surface area contributed by atoms with Crippen LogP contribution in [-0.2, 0) is 9.47 Å². The molecule has 2 N–H and O–H groups in total. The second-order valence-corrected chi connectivity index (χ2v) is 5.47. The van der Waals surface area contributed by atoms with Crippen molar-refractivity contribution in [3.63, 3.8) is 0 Å². The van der Waals surface area contributed by atoms with Gasteiger partial charge in [0.25, 0.3) is 0 Å². The molecule has 1 fully saturated rings. The molecule has 7 nitrogen and oxygen atoms in total. The topological polar surface area (TPSA) is 83.2 Å². The zero-order valence-corrected chi connectivity index (χ0v) is 14.4. The molecule has 24 heavy (non-hydrogen) atoms. The van der Waals surface area contributed by atoms with Crippen LogP contribution in [0.4, 0.5) is 5.69 Å². The molecule has 0 saturated carbocycles. The van der Waals surface area contributed by atoms with E-state index in [-0.39, 0.29) is 17.9 Å². The van der Waals surface area contributed by atoms with Gasteiger partial charge in [0.15, 0.2) is 0 Å². The average Bonchev–Trinajstić information content (AvgIpc) is 2.59. The first-order valence-corrected chi connectivity index (χ1v) is 8.23. The van der Waals surface area contributed by atoms with E-state index in [4.69, 9.17) is 24.7 Å². The Morgan fingerprint density at radius 2 is 2.08 bits per heavy atom. The lowest BCUT2D eigenvalue weighted by Crippen LogP contribution is -2.37. The number of benzene rings is 1. The van der Waals surface area contributed by atoms with Gasteiger partial charge < -0.3 is 24.7 Å². The Balaban J connectivity index is 1.90. The van der Waals surface area contributed by atoms with Crippen LogP contribution < -0.4 is 15.2 Å². The Labute approximate surface area is 142 Å². The van der Waals surface area contributed by atoms with E-state index in [1.54, 1.807) is 19.1 Å². The van der Waals surface area contributed by atoms with Crippen molar-refractivity contribution in [2.75, 3.05) is 58.9 Å². The first kappa shape index (κ1) is 18.4. The van der Waals surface area contributed by atoms with Crippen molar-refractivity contribution in [1.29, 1.82) is 0 Å². The lowest BCUT2D eigenvalue weighted by molar-refractivity contribution is 0.0358. The first-order chi connectivity index (χ1) is 11.7. The number of ether oxygens (including phenoxy) is 4. The standard InChI is InChI=1S/C17H26N2O5/c1-3-23-17(20)16-14(18)11-13(12-15(16)21-2)24-8-4-5-19-6-9-22-10-7-19/h11-12H,3-10,18H2,1-2H3. The summed E-state index contributed by atoms with van der Waals surface area (Å²) in [6, 6.07) is 3.29.